The molecule has 1 N–H and O–H groups in total. The summed E-state index contributed by atoms with van der Waals surface area (Å²) in [6.45, 7) is 0. The maximum absolute atomic E-state index is 12.0. The molecular formula is C11H14N2O. The number of carbonyl (C=O) groups is 1. The number of nitrogens with zero attached hydrogens (tertiary/aromatic N) is 1. The van der Waals surface area contributed by atoms with E-state index in [1.54, 1.807) is 12.4 Å². The molecule has 74 valence electrons. The maximum atomic E-state index is 12.0. The molecule has 1 aromatic rings. The predicted molar refractivity (Wildman–Crippen MR) is 51.9 cm³/mol. The summed E-state index contributed by atoms with van der Waals surface area (Å²) in [6, 6.07) is 0. The van der Waals surface area contributed by atoms with Crippen LogP contribution in [0.5, 0.6) is 0 Å². The minimum atomic E-state index is 0.298. The van der Waals surface area contributed by atoms with Crippen molar-refractivity contribution >= 4 is 5.78 Å². The number of rotatable bonds is 2. The van der Waals surface area contributed by atoms with Gasteiger partial charge in [0.2, 0.25) is 0 Å². The summed E-state index contributed by atoms with van der Waals surface area (Å²) in [7, 11) is 0. The topological polar surface area (TPSA) is 45.8 Å². The van der Waals surface area contributed by atoms with Gasteiger partial charge in [0.25, 0.3) is 0 Å². The third-order valence-corrected chi connectivity index (χ3v) is 3.86. The molecule has 14 heavy (non-hydrogen) atoms. The van der Waals surface area contributed by atoms with Crippen molar-refractivity contribution in [2.75, 3.05) is 0 Å². The molecule has 2 bridgehead atoms. The highest BCUT2D eigenvalue weighted by atomic mass is 16.1. The highest BCUT2D eigenvalue weighted by Gasteiger charge is 2.43. The van der Waals surface area contributed by atoms with Crippen LogP contribution in [0.25, 0.3) is 0 Å². The van der Waals surface area contributed by atoms with Gasteiger partial charge in [0.1, 0.15) is 0 Å². The van der Waals surface area contributed by atoms with Gasteiger partial charge in [-0.2, -0.15) is 5.10 Å². The number of aromatic nitrogens is 2. The Morgan fingerprint density at radius 2 is 2.36 bits per heavy atom. The molecule has 0 aromatic carbocycles. The standard InChI is InChI=1S/C11H14N2O/c14-11(9-5-12-13-6-9)10-4-7-1-2-8(10)3-7/h5-8,10H,1-4H2,(H,12,13). The zero-order valence-electron chi connectivity index (χ0n) is 8.07. The van der Waals surface area contributed by atoms with E-state index in [9.17, 15) is 4.79 Å². The molecule has 2 aliphatic rings. The van der Waals surface area contributed by atoms with Crippen molar-refractivity contribution < 1.29 is 4.79 Å². The number of hydrogen-bond acceptors (Lipinski definition) is 2. The summed E-state index contributed by atoms with van der Waals surface area (Å²) in [5.41, 5.74) is 0.766. The predicted octanol–water partition coefficient (Wildman–Crippen LogP) is 2.03. The van der Waals surface area contributed by atoms with Gasteiger partial charge in [0.15, 0.2) is 5.78 Å². The summed E-state index contributed by atoms with van der Waals surface area (Å²) in [5.74, 6) is 2.11. The van der Waals surface area contributed by atoms with Gasteiger partial charge in [-0.15, -0.1) is 0 Å². The van der Waals surface area contributed by atoms with Crippen LogP contribution < -0.4 is 0 Å². The monoisotopic (exact) mass is 190 g/mol. The van der Waals surface area contributed by atoms with Crippen molar-refractivity contribution in [3.8, 4) is 0 Å². The van der Waals surface area contributed by atoms with Gasteiger partial charge in [-0.3, -0.25) is 9.89 Å². The van der Waals surface area contributed by atoms with Crippen molar-refractivity contribution in [3.05, 3.63) is 18.0 Å². The molecule has 0 saturated heterocycles. The summed E-state index contributed by atoms with van der Waals surface area (Å²) in [6.07, 6.45) is 8.38. The number of hydrogen-bond donors (Lipinski definition) is 1. The lowest BCUT2D eigenvalue weighted by Gasteiger charge is -2.19. The molecule has 3 unspecified atom stereocenters. The van der Waals surface area contributed by atoms with E-state index in [4.69, 9.17) is 0 Å². The third-order valence-electron chi connectivity index (χ3n) is 3.86. The van der Waals surface area contributed by atoms with E-state index in [1.165, 1.54) is 19.3 Å². The second-order valence-corrected chi connectivity index (χ2v) is 4.63. The smallest absolute Gasteiger partial charge is 0.169 e. The molecule has 2 saturated carbocycles. The van der Waals surface area contributed by atoms with Crippen molar-refractivity contribution in [3.63, 3.8) is 0 Å². The van der Waals surface area contributed by atoms with E-state index in [2.05, 4.69) is 10.2 Å². The number of nitrogens with one attached hydrogen (secondary N) is 1. The lowest BCUT2D eigenvalue weighted by molar-refractivity contribution is 0.0875. The van der Waals surface area contributed by atoms with Gasteiger partial charge in [-0.05, 0) is 31.1 Å². The van der Waals surface area contributed by atoms with Crippen LogP contribution in [-0.4, -0.2) is 16.0 Å². The van der Waals surface area contributed by atoms with E-state index < -0.39 is 0 Å². The third kappa shape index (κ3) is 1.11. The first-order valence-electron chi connectivity index (χ1n) is 5.37. The fourth-order valence-corrected chi connectivity index (χ4v) is 3.17. The van der Waals surface area contributed by atoms with Gasteiger partial charge < -0.3 is 0 Å². The Bertz CT molecular complexity index is 344. The average Bonchev–Trinajstić information content (AvgIpc) is 2.93. The molecule has 3 rings (SSSR count). The first-order valence-corrected chi connectivity index (χ1v) is 5.37. The van der Waals surface area contributed by atoms with E-state index in [1.807, 2.05) is 0 Å². The Balaban J connectivity index is 1.81. The molecule has 1 aromatic heterocycles. The molecule has 0 radical (unpaired) electrons. The van der Waals surface area contributed by atoms with Crippen LogP contribution in [0.3, 0.4) is 0 Å². The molecule has 1 heterocycles. The Labute approximate surface area is 82.9 Å². The first-order chi connectivity index (χ1) is 6.84. The van der Waals surface area contributed by atoms with Gasteiger partial charge >= 0.3 is 0 Å². The largest absolute Gasteiger partial charge is 0.294 e. The maximum Gasteiger partial charge on any atom is 0.169 e. The Morgan fingerprint density at radius 3 is 2.93 bits per heavy atom. The molecule has 2 aliphatic carbocycles. The van der Waals surface area contributed by atoms with Crippen LogP contribution in [-0.2, 0) is 0 Å². The fourth-order valence-electron chi connectivity index (χ4n) is 3.17. The Kier molecular flexibility index (Phi) is 1.72. The lowest BCUT2D eigenvalue weighted by atomic mass is 9.84. The fraction of sp³-hybridized carbons (Fsp3) is 0.636. The van der Waals surface area contributed by atoms with Crippen LogP contribution in [0.15, 0.2) is 12.4 Å². The van der Waals surface area contributed by atoms with Crippen LogP contribution in [0.2, 0.25) is 0 Å². The van der Waals surface area contributed by atoms with Crippen LogP contribution >= 0.6 is 0 Å². The quantitative estimate of drug-likeness (QED) is 0.725. The highest BCUT2D eigenvalue weighted by Crippen LogP contribution is 2.49. The Morgan fingerprint density at radius 1 is 1.43 bits per heavy atom. The van der Waals surface area contributed by atoms with Gasteiger partial charge in [-0.1, -0.05) is 6.42 Å². The summed E-state index contributed by atoms with van der Waals surface area (Å²) in [5, 5.41) is 6.54. The second kappa shape index (κ2) is 2.94. The number of fused-ring (bicyclic) bond motifs is 2. The molecule has 0 spiro atoms. The number of aromatic amines is 1. The van der Waals surface area contributed by atoms with E-state index in [0.717, 1.165) is 17.9 Å². The number of Topliss-reactive ketones (excluding diaryl/α,β-unsaturated/α-hetero) is 1. The minimum Gasteiger partial charge on any atom is -0.294 e. The van der Waals surface area contributed by atoms with E-state index in [0.29, 0.717) is 17.6 Å². The number of carbonyl (C=O) groups excluding carboxylic acids is 1. The lowest BCUT2D eigenvalue weighted by Crippen LogP contribution is -2.20. The average molecular weight is 190 g/mol. The van der Waals surface area contributed by atoms with Gasteiger partial charge in [0.05, 0.1) is 11.8 Å². The van der Waals surface area contributed by atoms with Crippen molar-refractivity contribution in [2.24, 2.45) is 17.8 Å². The number of ketones is 1. The van der Waals surface area contributed by atoms with Crippen LogP contribution in [0.4, 0.5) is 0 Å². The molecule has 3 heteroatoms. The zero-order valence-corrected chi connectivity index (χ0v) is 8.07. The second-order valence-electron chi connectivity index (χ2n) is 4.63. The SMILES string of the molecule is O=C(c1cn[nH]c1)C1CC2CCC1C2. The number of H-pyrrole nitrogens is 1. The molecule has 2 fully saturated rings. The molecule has 0 aliphatic heterocycles. The van der Waals surface area contributed by atoms with Crippen LogP contribution in [0, 0.1) is 17.8 Å². The van der Waals surface area contributed by atoms with Gasteiger partial charge in [-0.25, -0.2) is 0 Å². The van der Waals surface area contributed by atoms with Gasteiger partial charge in [0, 0.05) is 12.1 Å². The molecular weight excluding hydrogens is 176 g/mol. The normalized spacial score (nSPS) is 35.0. The summed E-state index contributed by atoms with van der Waals surface area (Å²) in [4.78, 5) is 12.0. The van der Waals surface area contributed by atoms with E-state index in [-0.39, 0.29) is 0 Å². The highest BCUT2D eigenvalue weighted by molar-refractivity contribution is 5.97. The summed E-state index contributed by atoms with van der Waals surface area (Å²) < 4.78 is 0. The van der Waals surface area contributed by atoms with Crippen molar-refractivity contribution in [1.82, 2.24) is 10.2 Å². The Hall–Kier alpha value is -1.12. The molecule has 3 atom stereocenters. The van der Waals surface area contributed by atoms with Crippen molar-refractivity contribution in [1.29, 1.82) is 0 Å². The first kappa shape index (κ1) is 8.21. The van der Waals surface area contributed by atoms with Crippen molar-refractivity contribution in [2.45, 2.75) is 25.7 Å². The summed E-state index contributed by atoms with van der Waals surface area (Å²) >= 11 is 0. The molecule has 0 amide bonds. The minimum absolute atomic E-state index is 0.298. The van der Waals surface area contributed by atoms with E-state index >= 15 is 0 Å². The molecule has 3 nitrogen and oxygen atoms in total. The van der Waals surface area contributed by atoms with Crippen LogP contribution in [0.1, 0.15) is 36.0 Å². The zero-order chi connectivity index (χ0) is 9.54.